The van der Waals surface area contributed by atoms with Crippen LogP contribution in [0.15, 0.2) is 42.5 Å². The Morgan fingerprint density at radius 3 is 2.40 bits per heavy atom. The summed E-state index contributed by atoms with van der Waals surface area (Å²) in [7, 11) is 0. The van der Waals surface area contributed by atoms with Gasteiger partial charge in [-0.05, 0) is 54.7 Å². The maximum Gasteiger partial charge on any atom is 0.306 e. The molecule has 7 heteroatoms. The maximum atomic E-state index is 12.3. The first-order valence-electron chi connectivity index (χ1n) is 9.89. The van der Waals surface area contributed by atoms with Gasteiger partial charge in [0.25, 0.3) is 5.91 Å². The van der Waals surface area contributed by atoms with Gasteiger partial charge in [-0.15, -0.1) is 0 Å². The molecule has 0 heterocycles. The lowest BCUT2D eigenvalue weighted by atomic mass is 10.0. The molecule has 0 saturated heterocycles. The van der Waals surface area contributed by atoms with Gasteiger partial charge in [0.2, 0.25) is 5.91 Å². The van der Waals surface area contributed by atoms with E-state index in [9.17, 15) is 19.2 Å². The Morgan fingerprint density at radius 2 is 1.63 bits per heavy atom. The lowest BCUT2D eigenvalue weighted by molar-refractivity contribution is -0.147. The minimum absolute atomic E-state index is 0.0397. The number of fused-ring (bicyclic) bond motifs is 1. The van der Waals surface area contributed by atoms with Gasteiger partial charge in [0, 0.05) is 30.3 Å². The topological polar surface area (TPSA) is 102 Å². The molecule has 0 bridgehead atoms. The van der Waals surface area contributed by atoms with Crippen LogP contribution in [0.3, 0.4) is 0 Å². The minimum Gasteiger partial charge on any atom is -0.456 e. The number of benzene rings is 2. The van der Waals surface area contributed by atoms with Crippen molar-refractivity contribution in [3.63, 3.8) is 0 Å². The highest BCUT2D eigenvalue weighted by molar-refractivity contribution is 5.98. The number of carbonyl (C=O) groups excluding carboxylic acids is 4. The summed E-state index contributed by atoms with van der Waals surface area (Å²) >= 11 is 0. The number of hydrogen-bond acceptors (Lipinski definition) is 5. The number of nitrogens with one attached hydrogen (secondary N) is 2. The predicted molar refractivity (Wildman–Crippen MR) is 112 cm³/mol. The Morgan fingerprint density at radius 1 is 0.900 bits per heavy atom. The molecular weight excluding hydrogens is 384 g/mol. The molecule has 0 atom stereocenters. The Balaban J connectivity index is 1.41. The van der Waals surface area contributed by atoms with Gasteiger partial charge >= 0.3 is 5.97 Å². The van der Waals surface area contributed by atoms with Crippen LogP contribution in [0.2, 0.25) is 0 Å². The zero-order chi connectivity index (χ0) is 21.5. The molecule has 1 aliphatic rings. The molecule has 0 unspecified atom stereocenters. The second kappa shape index (κ2) is 9.82. The van der Waals surface area contributed by atoms with E-state index < -0.39 is 18.5 Å². The SMILES string of the molecule is CC(=O)Nc1cccc(NC(=O)COC(=O)CCC(=O)c2ccc3c(c2)CCC3)c1. The third-order valence-electron chi connectivity index (χ3n) is 4.81. The van der Waals surface area contributed by atoms with Crippen LogP contribution in [-0.2, 0) is 32.0 Å². The van der Waals surface area contributed by atoms with Gasteiger partial charge in [0.1, 0.15) is 0 Å². The van der Waals surface area contributed by atoms with Gasteiger partial charge in [0.05, 0.1) is 6.42 Å². The van der Waals surface area contributed by atoms with E-state index in [-0.39, 0.29) is 24.5 Å². The molecule has 156 valence electrons. The first kappa shape index (κ1) is 21.2. The number of aryl methyl sites for hydroxylation is 2. The van der Waals surface area contributed by atoms with Crippen LogP contribution >= 0.6 is 0 Å². The third kappa shape index (κ3) is 6.01. The number of ether oxygens (including phenoxy) is 1. The number of esters is 1. The van der Waals surface area contributed by atoms with E-state index in [4.69, 9.17) is 4.74 Å². The summed E-state index contributed by atoms with van der Waals surface area (Å²) in [4.78, 5) is 47.3. The summed E-state index contributed by atoms with van der Waals surface area (Å²) in [5.74, 6) is -1.44. The molecule has 3 rings (SSSR count). The van der Waals surface area contributed by atoms with Crippen LogP contribution in [0.4, 0.5) is 11.4 Å². The lowest BCUT2D eigenvalue weighted by Gasteiger charge is -2.09. The summed E-state index contributed by atoms with van der Waals surface area (Å²) in [5.41, 5.74) is 4.12. The molecule has 0 saturated carbocycles. The number of Topliss-reactive ketones (excluding diaryl/α,β-unsaturated/α-hetero) is 1. The Kier molecular flexibility index (Phi) is 6.95. The number of carbonyl (C=O) groups is 4. The standard InChI is InChI=1S/C23H24N2O5/c1-15(26)24-19-6-3-7-20(13-19)25-22(28)14-30-23(29)11-10-21(27)18-9-8-16-4-2-5-17(16)12-18/h3,6-9,12-13H,2,4-5,10-11,14H2,1H3,(H,24,26)(H,25,28). The smallest absolute Gasteiger partial charge is 0.306 e. The average Bonchev–Trinajstić information content (AvgIpc) is 3.18. The molecule has 1 aliphatic carbocycles. The Bertz CT molecular complexity index is 983. The monoisotopic (exact) mass is 408 g/mol. The van der Waals surface area contributed by atoms with Gasteiger partial charge in [-0.3, -0.25) is 19.2 Å². The molecule has 2 aromatic rings. The van der Waals surface area contributed by atoms with Crippen molar-refractivity contribution < 1.29 is 23.9 Å². The van der Waals surface area contributed by atoms with Crippen molar-refractivity contribution in [1.82, 2.24) is 0 Å². The van der Waals surface area contributed by atoms with Crippen LogP contribution in [-0.4, -0.2) is 30.2 Å². The van der Waals surface area contributed by atoms with Crippen molar-refractivity contribution in [2.24, 2.45) is 0 Å². The fraction of sp³-hybridized carbons (Fsp3) is 0.304. The van der Waals surface area contributed by atoms with Crippen molar-refractivity contribution in [2.45, 2.75) is 39.0 Å². The van der Waals surface area contributed by atoms with E-state index >= 15 is 0 Å². The summed E-state index contributed by atoms with van der Waals surface area (Å²) in [6.45, 7) is 0.941. The molecule has 30 heavy (non-hydrogen) atoms. The van der Waals surface area contributed by atoms with Gasteiger partial charge in [-0.2, -0.15) is 0 Å². The second-order valence-corrected chi connectivity index (χ2v) is 7.23. The fourth-order valence-electron chi connectivity index (χ4n) is 3.40. The largest absolute Gasteiger partial charge is 0.456 e. The normalized spacial score (nSPS) is 12.0. The van der Waals surface area contributed by atoms with Crippen molar-refractivity contribution in [3.05, 3.63) is 59.2 Å². The van der Waals surface area contributed by atoms with E-state index in [2.05, 4.69) is 10.6 Å². The average molecular weight is 408 g/mol. The Hall–Kier alpha value is -3.48. The minimum atomic E-state index is -0.605. The van der Waals surface area contributed by atoms with Crippen molar-refractivity contribution in [2.75, 3.05) is 17.2 Å². The van der Waals surface area contributed by atoms with Crippen molar-refractivity contribution in [1.29, 1.82) is 0 Å². The number of hydrogen-bond donors (Lipinski definition) is 2. The highest BCUT2D eigenvalue weighted by Crippen LogP contribution is 2.23. The van der Waals surface area contributed by atoms with Crippen LogP contribution < -0.4 is 10.6 Å². The molecule has 0 fully saturated rings. The van der Waals surface area contributed by atoms with E-state index in [1.807, 2.05) is 12.1 Å². The Labute approximate surface area is 174 Å². The number of ketones is 1. The van der Waals surface area contributed by atoms with Gasteiger partial charge in [0.15, 0.2) is 12.4 Å². The van der Waals surface area contributed by atoms with Crippen LogP contribution in [0, 0.1) is 0 Å². The van der Waals surface area contributed by atoms with E-state index in [1.54, 1.807) is 30.3 Å². The van der Waals surface area contributed by atoms with Crippen LogP contribution in [0.25, 0.3) is 0 Å². The van der Waals surface area contributed by atoms with Gasteiger partial charge < -0.3 is 15.4 Å². The second-order valence-electron chi connectivity index (χ2n) is 7.23. The molecular formula is C23H24N2O5. The maximum absolute atomic E-state index is 12.3. The first-order valence-corrected chi connectivity index (χ1v) is 9.89. The van der Waals surface area contributed by atoms with E-state index in [0.29, 0.717) is 16.9 Å². The molecule has 0 radical (unpaired) electrons. The highest BCUT2D eigenvalue weighted by atomic mass is 16.5. The number of anilines is 2. The fourth-order valence-corrected chi connectivity index (χ4v) is 3.40. The predicted octanol–water partition coefficient (Wildman–Crippen LogP) is 3.28. The van der Waals surface area contributed by atoms with E-state index in [1.165, 1.54) is 18.1 Å². The molecule has 2 aromatic carbocycles. The first-order chi connectivity index (χ1) is 14.4. The summed E-state index contributed by atoms with van der Waals surface area (Å²) in [6.07, 6.45) is 3.11. The molecule has 0 aliphatic heterocycles. The van der Waals surface area contributed by atoms with E-state index in [0.717, 1.165) is 19.3 Å². The summed E-state index contributed by atoms with van der Waals surface area (Å²) < 4.78 is 4.96. The molecule has 7 nitrogen and oxygen atoms in total. The quantitative estimate of drug-likeness (QED) is 0.516. The lowest BCUT2D eigenvalue weighted by Crippen LogP contribution is -2.21. The van der Waals surface area contributed by atoms with Gasteiger partial charge in [-0.25, -0.2) is 0 Å². The molecule has 0 aromatic heterocycles. The zero-order valence-corrected chi connectivity index (χ0v) is 16.8. The summed E-state index contributed by atoms with van der Waals surface area (Å²) in [6, 6.07) is 12.3. The van der Waals surface area contributed by atoms with Crippen molar-refractivity contribution >= 4 is 34.9 Å². The van der Waals surface area contributed by atoms with Crippen molar-refractivity contribution in [3.8, 4) is 0 Å². The van der Waals surface area contributed by atoms with Crippen LogP contribution in [0.1, 0.15) is 47.7 Å². The molecule has 0 spiro atoms. The third-order valence-corrected chi connectivity index (χ3v) is 4.81. The number of amides is 2. The van der Waals surface area contributed by atoms with Crippen LogP contribution in [0.5, 0.6) is 0 Å². The van der Waals surface area contributed by atoms with Gasteiger partial charge in [-0.1, -0.05) is 18.2 Å². The summed E-state index contributed by atoms with van der Waals surface area (Å²) in [5, 5.41) is 5.21. The highest BCUT2D eigenvalue weighted by Gasteiger charge is 2.16. The molecule has 2 amide bonds. The number of rotatable bonds is 8. The molecule has 2 N–H and O–H groups in total. The zero-order valence-electron chi connectivity index (χ0n) is 16.8.